The van der Waals surface area contributed by atoms with Gasteiger partial charge >= 0.3 is 0 Å². The molecular formula is C37H42FN3O5. The lowest BCUT2D eigenvalue weighted by atomic mass is 10.00. The first-order valence-electron chi connectivity index (χ1n) is 15.4. The lowest BCUT2D eigenvalue weighted by Gasteiger charge is -2.31. The fourth-order valence-electron chi connectivity index (χ4n) is 4.94. The Kier molecular flexibility index (Phi) is 12.3. The molecule has 0 spiro atoms. The molecule has 0 aliphatic carbocycles. The number of aliphatic hydroxyl groups excluding tert-OH is 1. The Morgan fingerprint density at radius 3 is 2.28 bits per heavy atom. The molecule has 0 saturated heterocycles. The number of fused-ring (bicyclic) bond motifs is 1. The van der Waals surface area contributed by atoms with E-state index < -0.39 is 5.92 Å². The number of aliphatic hydroxyl groups is 1. The molecule has 2 atom stereocenters. The summed E-state index contributed by atoms with van der Waals surface area (Å²) in [5, 5.41) is 12.3. The highest BCUT2D eigenvalue weighted by Gasteiger charge is 2.28. The first kappa shape index (κ1) is 34.1. The van der Waals surface area contributed by atoms with Crippen LogP contribution in [0, 0.1) is 5.82 Å². The zero-order valence-electron chi connectivity index (χ0n) is 26.8. The van der Waals surface area contributed by atoms with Gasteiger partial charge in [-0.3, -0.25) is 9.59 Å². The third-order valence-corrected chi connectivity index (χ3v) is 7.51. The number of anilines is 1. The van der Waals surface area contributed by atoms with Crippen LogP contribution in [-0.4, -0.2) is 66.6 Å². The Bertz CT molecular complexity index is 1560. The molecule has 5 rings (SSSR count). The summed E-state index contributed by atoms with van der Waals surface area (Å²) >= 11 is 0. The van der Waals surface area contributed by atoms with E-state index >= 15 is 0 Å². The maximum absolute atomic E-state index is 13.1. The Morgan fingerprint density at radius 2 is 1.63 bits per heavy atom. The molecular weight excluding hydrogens is 585 g/mol. The number of para-hydroxylation sites is 2. The normalized spacial score (nSPS) is 14.1. The molecule has 1 heterocycles. The third kappa shape index (κ3) is 9.39. The number of hydrogen-bond acceptors (Lipinski definition) is 6. The van der Waals surface area contributed by atoms with E-state index in [1.807, 2.05) is 42.5 Å². The molecule has 4 aromatic rings. The van der Waals surface area contributed by atoms with Crippen molar-refractivity contribution in [2.75, 3.05) is 39.2 Å². The van der Waals surface area contributed by atoms with Crippen LogP contribution in [-0.2, 0) is 11.3 Å². The maximum Gasteiger partial charge on any atom is 0.258 e. The molecule has 4 aromatic carbocycles. The number of nitrogens with zero attached hydrogens (tertiary/aromatic N) is 2. The minimum Gasteiger partial charge on any atom is -0.490 e. The van der Waals surface area contributed by atoms with Gasteiger partial charge < -0.3 is 29.7 Å². The number of halogens is 1. The van der Waals surface area contributed by atoms with Gasteiger partial charge in [-0.15, -0.1) is 0 Å². The van der Waals surface area contributed by atoms with E-state index in [0.717, 1.165) is 18.0 Å². The molecule has 0 saturated carbocycles. The number of ether oxygens (including phenoxy) is 2. The Hall–Kier alpha value is -4.73. The van der Waals surface area contributed by atoms with Gasteiger partial charge in [0.25, 0.3) is 5.91 Å². The summed E-state index contributed by atoms with van der Waals surface area (Å²) in [7, 11) is 4.13. The largest absolute Gasteiger partial charge is 0.490 e. The van der Waals surface area contributed by atoms with Gasteiger partial charge in [-0.05, 0) is 94.0 Å². The topological polar surface area (TPSA) is 91.3 Å². The molecule has 46 heavy (non-hydrogen) atoms. The van der Waals surface area contributed by atoms with Crippen LogP contribution in [0.25, 0.3) is 0 Å². The summed E-state index contributed by atoms with van der Waals surface area (Å²) in [4.78, 5) is 29.5. The number of carbonyl (C=O) groups excluding carboxylic acids is 2. The van der Waals surface area contributed by atoms with E-state index in [4.69, 9.17) is 9.47 Å². The molecule has 0 radical (unpaired) electrons. The fraction of sp³-hybridized carbons (Fsp3) is 0.297. The Balaban J connectivity index is 0.000000240. The van der Waals surface area contributed by atoms with Crippen LogP contribution in [0.1, 0.15) is 47.7 Å². The molecule has 9 heteroatoms. The standard InChI is InChI=1S/C22H25FN2O4.C15H17NO/c1-14(13-26)25-11-4-12-29-20-18(22(25)28)5-3-6-19(20)24-21(27)15(2)16-7-9-17(23)10-8-16;1-16(2)12-13-8-10-15(11-9-13)17-14-6-4-3-5-7-14/h3,5-10,14-15,26H,4,11-13H2,1-2H3,(H,24,27);3-11H,12H2,1-2H3/t14-,15?;/m0./s1. The second-order valence-corrected chi connectivity index (χ2v) is 11.5. The van der Waals surface area contributed by atoms with Crippen LogP contribution in [0.4, 0.5) is 10.1 Å². The molecule has 0 fully saturated rings. The fourth-order valence-corrected chi connectivity index (χ4v) is 4.94. The Morgan fingerprint density at radius 1 is 0.957 bits per heavy atom. The lowest BCUT2D eigenvalue weighted by molar-refractivity contribution is -0.117. The third-order valence-electron chi connectivity index (χ3n) is 7.51. The average molecular weight is 628 g/mol. The van der Waals surface area contributed by atoms with Gasteiger partial charge in [0.1, 0.15) is 17.3 Å². The molecule has 8 nitrogen and oxygen atoms in total. The van der Waals surface area contributed by atoms with Gasteiger partial charge in [0.05, 0.1) is 36.4 Å². The molecule has 1 aliphatic rings. The van der Waals surface area contributed by atoms with Crippen molar-refractivity contribution < 1.29 is 28.6 Å². The summed E-state index contributed by atoms with van der Waals surface area (Å²) in [6, 6.07) is 28.5. The SMILES string of the molecule is CC(C(=O)Nc1cccc2c1OCCCN([C@@H](C)CO)C2=O)c1ccc(F)cc1.CN(C)Cc1ccc(Oc2ccccc2)cc1. The van der Waals surface area contributed by atoms with Gasteiger partial charge in [-0.25, -0.2) is 4.39 Å². The second-order valence-electron chi connectivity index (χ2n) is 11.5. The summed E-state index contributed by atoms with van der Waals surface area (Å²) in [6.45, 7) is 5.20. The van der Waals surface area contributed by atoms with Gasteiger partial charge in [0, 0.05) is 13.1 Å². The minimum absolute atomic E-state index is 0.131. The summed E-state index contributed by atoms with van der Waals surface area (Å²) in [5.41, 5.74) is 2.73. The lowest BCUT2D eigenvalue weighted by Crippen LogP contribution is -2.42. The second kappa shape index (κ2) is 16.5. The van der Waals surface area contributed by atoms with Crippen molar-refractivity contribution in [1.29, 1.82) is 0 Å². The first-order valence-corrected chi connectivity index (χ1v) is 15.4. The van der Waals surface area contributed by atoms with E-state index in [1.54, 1.807) is 49.1 Å². The van der Waals surface area contributed by atoms with E-state index in [2.05, 4.69) is 36.4 Å². The number of benzene rings is 4. The van der Waals surface area contributed by atoms with Crippen molar-refractivity contribution in [1.82, 2.24) is 9.80 Å². The van der Waals surface area contributed by atoms with Crippen molar-refractivity contribution in [2.24, 2.45) is 0 Å². The van der Waals surface area contributed by atoms with Crippen LogP contribution in [0.2, 0.25) is 0 Å². The Labute approximate surface area is 270 Å². The smallest absolute Gasteiger partial charge is 0.258 e. The van der Waals surface area contributed by atoms with Crippen molar-refractivity contribution in [3.8, 4) is 17.2 Å². The molecule has 2 N–H and O–H groups in total. The van der Waals surface area contributed by atoms with Crippen molar-refractivity contribution in [3.63, 3.8) is 0 Å². The monoisotopic (exact) mass is 627 g/mol. The first-order chi connectivity index (χ1) is 22.2. The summed E-state index contributed by atoms with van der Waals surface area (Å²) < 4.78 is 24.7. The van der Waals surface area contributed by atoms with Crippen LogP contribution >= 0.6 is 0 Å². The minimum atomic E-state index is -0.512. The van der Waals surface area contributed by atoms with E-state index in [0.29, 0.717) is 42.1 Å². The average Bonchev–Trinajstić information content (AvgIpc) is 3.05. The van der Waals surface area contributed by atoms with Crippen molar-refractivity contribution in [3.05, 3.63) is 120 Å². The molecule has 2 amide bonds. The van der Waals surface area contributed by atoms with Crippen molar-refractivity contribution in [2.45, 2.75) is 38.8 Å². The maximum atomic E-state index is 13.1. The molecule has 1 unspecified atom stereocenters. The van der Waals surface area contributed by atoms with Crippen LogP contribution in [0.3, 0.4) is 0 Å². The number of amides is 2. The van der Waals surface area contributed by atoms with Gasteiger partial charge in [0.15, 0.2) is 5.75 Å². The number of hydrogen-bond donors (Lipinski definition) is 2. The van der Waals surface area contributed by atoms with E-state index in [-0.39, 0.29) is 30.3 Å². The number of carbonyl (C=O) groups is 2. The zero-order valence-corrected chi connectivity index (χ0v) is 26.8. The van der Waals surface area contributed by atoms with Crippen LogP contribution in [0.15, 0.2) is 97.1 Å². The molecule has 242 valence electrons. The van der Waals surface area contributed by atoms with Crippen LogP contribution in [0.5, 0.6) is 17.2 Å². The predicted octanol–water partition coefficient (Wildman–Crippen LogP) is 6.71. The quantitative estimate of drug-likeness (QED) is 0.214. The van der Waals surface area contributed by atoms with Crippen LogP contribution < -0.4 is 14.8 Å². The highest BCUT2D eigenvalue weighted by atomic mass is 19.1. The van der Waals surface area contributed by atoms with Gasteiger partial charge in [0.2, 0.25) is 5.91 Å². The number of rotatable bonds is 9. The highest BCUT2D eigenvalue weighted by molar-refractivity contribution is 6.02. The van der Waals surface area contributed by atoms with E-state index in [9.17, 15) is 19.1 Å². The zero-order chi connectivity index (χ0) is 33.1. The molecule has 1 aliphatic heterocycles. The summed E-state index contributed by atoms with van der Waals surface area (Å²) in [5.74, 6) is 0.659. The van der Waals surface area contributed by atoms with Gasteiger partial charge in [-0.1, -0.05) is 48.5 Å². The number of nitrogens with one attached hydrogen (secondary N) is 1. The van der Waals surface area contributed by atoms with E-state index in [1.165, 1.54) is 17.7 Å². The summed E-state index contributed by atoms with van der Waals surface area (Å²) in [6.07, 6.45) is 0.615. The van der Waals surface area contributed by atoms with Gasteiger partial charge in [-0.2, -0.15) is 0 Å². The molecule has 0 aromatic heterocycles. The molecule has 0 bridgehead atoms. The van der Waals surface area contributed by atoms with Crippen molar-refractivity contribution >= 4 is 17.5 Å². The highest BCUT2D eigenvalue weighted by Crippen LogP contribution is 2.33. The predicted molar refractivity (Wildman–Crippen MR) is 178 cm³/mol.